The summed E-state index contributed by atoms with van der Waals surface area (Å²) in [5.74, 6) is 0.213. The van der Waals surface area contributed by atoms with Crippen LogP contribution < -0.4 is 16.4 Å². The quantitative estimate of drug-likeness (QED) is 0.366. The molecule has 0 unspecified atom stereocenters. The van der Waals surface area contributed by atoms with Crippen molar-refractivity contribution in [1.29, 1.82) is 0 Å². The molecule has 0 heterocycles. The van der Waals surface area contributed by atoms with E-state index in [0.29, 0.717) is 5.96 Å². The highest BCUT2D eigenvalue weighted by molar-refractivity contribution is 5.84. The van der Waals surface area contributed by atoms with Crippen LogP contribution in [0.1, 0.15) is 40.5 Å². The summed E-state index contributed by atoms with van der Waals surface area (Å²) in [6, 6.07) is 0. The van der Waals surface area contributed by atoms with Gasteiger partial charge in [0.25, 0.3) is 0 Å². The predicted octanol–water partition coefficient (Wildman–Crippen LogP) is 0.606. The fourth-order valence-corrected chi connectivity index (χ4v) is 1.06. The molecule has 0 aromatic carbocycles. The summed E-state index contributed by atoms with van der Waals surface area (Å²) in [6.07, 6.45) is 2.15. The molecule has 0 rings (SSSR count). The maximum absolute atomic E-state index is 11.4. The van der Waals surface area contributed by atoms with Crippen LogP contribution in [0.2, 0.25) is 0 Å². The van der Waals surface area contributed by atoms with E-state index in [1.807, 2.05) is 20.8 Å². The second-order valence-electron chi connectivity index (χ2n) is 4.78. The number of hydrogen-bond donors (Lipinski definition) is 3. The van der Waals surface area contributed by atoms with Crippen molar-refractivity contribution in [2.24, 2.45) is 10.7 Å². The van der Waals surface area contributed by atoms with Crippen LogP contribution in [0, 0.1) is 0 Å². The molecule has 4 N–H and O–H groups in total. The molecule has 0 fully saturated rings. The molecule has 0 aromatic rings. The second kappa shape index (κ2) is 7.09. The molecule has 5 heteroatoms. The zero-order chi connectivity index (χ0) is 12.6. The number of carbonyl (C=O) groups excluding carboxylic acids is 1. The maximum atomic E-state index is 11.4. The van der Waals surface area contributed by atoms with E-state index in [9.17, 15) is 4.79 Å². The molecular formula is C11H24N4O. The fraction of sp³-hybridized carbons (Fsp3) is 0.818. The van der Waals surface area contributed by atoms with Crippen molar-refractivity contribution in [2.75, 3.05) is 13.1 Å². The van der Waals surface area contributed by atoms with Gasteiger partial charge >= 0.3 is 0 Å². The number of nitrogens with one attached hydrogen (secondary N) is 2. The molecule has 16 heavy (non-hydrogen) atoms. The van der Waals surface area contributed by atoms with Crippen molar-refractivity contribution in [1.82, 2.24) is 10.6 Å². The van der Waals surface area contributed by atoms with Gasteiger partial charge in [-0.15, -0.1) is 0 Å². The predicted molar refractivity (Wildman–Crippen MR) is 67.3 cm³/mol. The third-order valence-corrected chi connectivity index (χ3v) is 1.74. The van der Waals surface area contributed by atoms with Crippen molar-refractivity contribution in [3.8, 4) is 0 Å². The Bertz CT molecular complexity index is 243. The van der Waals surface area contributed by atoms with E-state index in [1.54, 1.807) is 0 Å². The zero-order valence-electron chi connectivity index (χ0n) is 10.8. The van der Waals surface area contributed by atoms with Crippen LogP contribution in [0.3, 0.4) is 0 Å². The lowest BCUT2D eigenvalue weighted by Crippen LogP contribution is -2.42. The van der Waals surface area contributed by atoms with Crippen LogP contribution in [0.5, 0.6) is 0 Å². The van der Waals surface area contributed by atoms with E-state index in [2.05, 4.69) is 22.5 Å². The van der Waals surface area contributed by atoms with Crippen LogP contribution >= 0.6 is 0 Å². The summed E-state index contributed by atoms with van der Waals surface area (Å²) in [5, 5.41) is 5.76. The van der Waals surface area contributed by atoms with E-state index >= 15 is 0 Å². The van der Waals surface area contributed by atoms with Crippen LogP contribution in [0.15, 0.2) is 4.99 Å². The minimum atomic E-state index is -0.225. The highest BCUT2D eigenvalue weighted by Crippen LogP contribution is 1.97. The molecule has 0 saturated heterocycles. The number of amides is 1. The van der Waals surface area contributed by atoms with Crippen molar-refractivity contribution in [3.63, 3.8) is 0 Å². The van der Waals surface area contributed by atoms with Crippen molar-refractivity contribution in [3.05, 3.63) is 0 Å². The highest BCUT2D eigenvalue weighted by atomic mass is 16.2. The fourth-order valence-electron chi connectivity index (χ4n) is 1.06. The Morgan fingerprint density at radius 2 is 2.00 bits per heavy atom. The van der Waals surface area contributed by atoms with E-state index in [4.69, 9.17) is 5.73 Å². The molecule has 0 aromatic heterocycles. The standard InChI is InChI=1S/C11H24N4O/c1-5-6-7-13-10(12)14-8-9(16)15-11(2,3)4/h5-8H2,1-4H3,(H,15,16)(H3,12,13,14). The van der Waals surface area contributed by atoms with Gasteiger partial charge in [0, 0.05) is 12.1 Å². The van der Waals surface area contributed by atoms with Crippen molar-refractivity contribution in [2.45, 2.75) is 46.1 Å². The first-order valence-corrected chi connectivity index (χ1v) is 5.70. The maximum Gasteiger partial charge on any atom is 0.242 e. The Labute approximate surface area is 97.9 Å². The van der Waals surface area contributed by atoms with Gasteiger partial charge < -0.3 is 16.4 Å². The van der Waals surface area contributed by atoms with Gasteiger partial charge in [-0.2, -0.15) is 0 Å². The van der Waals surface area contributed by atoms with Gasteiger partial charge in [-0.3, -0.25) is 4.79 Å². The molecule has 0 aliphatic heterocycles. The van der Waals surface area contributed by atoms with Crippen LogP contribution in [0.25, 0.3) is 0 Å². The summed E-state index contributed by atoms with van der Waals surface area (Å²) >= 11 is 0. The molecule has 0 atom stereocenters. The number of nitrogens with two attached hydrogens (primary N) is 1. The first-order chi connectivity index (χ1) is 7.35. The van der Waals surface area contributed by atoms with E-state index in [1.165, 1.54) is 0 Å². The van der Waals surface area contributed by atoms with Crippen LogP contribution in [-0.2, 0) is 4.79 Å². The Morgan fingerprint density at radius 3 is 2.50 bits per heavy atom. The van der Waals surface area contributed by atoms with Gasteiger partial charge in [-0.1, -0.05) is 13.3 Å². The van der Waals surface area contributed by atoms with E-state index < -0.39 is 0 Å². The molecule has 0 aliphatic rings. The summed E-state index contributed by atoms with van der Waals surface area (Å²) < 4.78 is 0. The highest BCUT2D eigenvalue weighted by Gasteiger charge is 2.12. The minimum Gasteiger partial charge on any atom is -0.370 e. The Morgan fingerprint density at radius 1 is 1.38 bits per heavy atom. The number of unbranched alkanes of at least 4 members (excludes halogenated alkanes) is 1. The van der Waals surface area contributed by atoms with Crippen LogP contribution in [-0.4, -0.2) is 30.5 Å². The Hall–Kier alpha value is -1.26. The molecule has 0 saturated carbocycles. The largest absolute Gasteiger partial charge is 0.370 e. The molecule has 1 amide bonds. The molecule has 0 bridgehead atoms. The average Bonchev–Trinajstić information content (AvgIpc) is 2.12. The lowest BCUT2D eigenvalue weighted by molar-refractivity contribution is -0.121. The monoisotopic (exact) mass is 228 g/mol. The Kier molecular flexibility index (Phi) is 6.53. The number of nitrogens with zero attached hydrogens (tertiary/aromatic N) is 1. The number of hydrogen-bond acceptors (Lipinski definition) is 2. The van der Waals surface area contributed by atoms with E-state index in [-0.39, 0.29) is 18.0 Å². The summed E-state index contributed by atoms with van der Waals surface area (Å²) in [6.45, 7) is 8.76. The summed E-state index contributed by atoms with van der Waals surface area (Å²) in [4.78, 5) is 15.3. The van der Waals surface area contributed by atoms with Gasteiger partial charge in [0.2, 0.25) is 5.91 Å². The third kappa shape index (κ3) is 9.30. The van der Waals surface area contributed by atoms with Gasteiger partial charge in [0.15, 0.2) is 5.96 Å². The number of guanidine groups is 1. The SMILES string of the molecule is CCCCNC(N)=NCC(=O)NC(C)(C)C. The number of rotatable bonds is 5. The first-order valence-electron chi connectivity index (χ1n) is 5.70. The first kappa shape index (κ1) is 14.7. The van der Waals surface area contributed by atoms with Crippen molar-refractivity contribution < 1.29 is 4.79 Å². The molecule has 0 aliphatic carbocycles. The van der Waals surface area contributed by atoms with Crippen LogP contribution in [0.4, 0.5) is 0 Å². The number of aliphatic imine (C=N–C) groups is 1. The van der Waals surface area contributed by atoms with Gasteiger partial charge in [-0.25, -0.2) is 4.99 Å². The van der Waals surface area contributed by atoms with Gasteiger partial charge in [0.1, 0.15) is 6.54 Å². The number of carbonyl (C=O) groups is 1. The third-order valence-electron chi connectivity index (χ3n) is 1.74. The van der Waals surface area contributed by atoms with Gasteiger partial charge in [-0.05, 0) is 27.2 Å². The molecule has 0 radical (unpaired) electrons. The lowest BCUT2D eigenvalue weighted by atomic mass is 10.1. The average molecular weight is 228 g/mol. The molecule has 0 spiro atoms. The minimum absolute atomic E-state index is 0.0717. The Balaban J connectivity index is 3.84. The normalized spacial score (nSPS) is 12.4. The second-order valence-corrected chi connectivity index (χ2v) is 4.78. The summed E-state index contributed by atoms with van der Waals surface area (Å²) in [5.41, 5.74) is 5.36. The zero-order valence-corrected chi connectivity index (χ0v) is 10.8. The van der Waals surface area contributed by atoms with Gasteiger partial charge in [0.05, 0.1) is 0 Å². The molecule has 5 nitrogen and oxygen atoms in total. The lowest BCUT2D eigenvalue weighted by Gasteiger charge is -2.19. The van der Waals surface area contributed by atoms with Crippen molar-refractivity contribution >= 4 is 11.9 Å². The molecular weight excluding hydrogens is 204 g/mol. The summed E-state index contributed by atoms with van der Waals surface area (Å²) in [7, 11) is 0. The topological polar surface area (TPSA) is 79.5 Å². The smallest absolute Gasteiger partial charge is 0.242 e. The van der Waals surface area contributed by atoms with E-state index in [0.717, 1.165) is 19.4 Å². The molecule has 94 valence electrons.